The molecule has 0 spiro atoms. The molecule has 5 nitrogen and oxygen atoms in total. The van der Waals surface area contributed by atoms with Crippen LogP contribution in [0.15, 0.2) is 46.7 Å². The molecule has 20 heavy (non-hydrogen) atoms. The van der Waals surface area contributed by atoms with E-state index in [0.29, 0.717) is 16.0 Å². The number of aryl methyl sites for hydroxylation is 1. The Hall–Kier alpha value is -2.47. The maximum atomic E-state index is 12.6. The molecule has 4 aromatic rings. The van der Waals surface area contributed by atoms with Gasteiger partial charge in [0.25, 0.3) is 5.56 Å². The second kappa shape index (κ2) is 4.01. The lowest BCUT2D eigenvalue weighted by molar-refractivity contribution is 0.776. The summed E-state index contributed by atoms with van der Waals surface area (Å²) < 4.78 is 3.27. The summed E-state index contributed by atoms with van der Waals surface area (Å²) in [6.45, 7) is 0. The number of nitrogens with zero attached hydrogens (tertiary/aromatic N) is 4. The van der Waals surface area contributed by atoms with Gasteiger partial charge in [-0.1, -0.05) is 30.3 Å². The molecule has 0 unspecified atom stereocenters. The first-order valence-electron chi connectivity index (χ1n) is 6.13. The lowest BCUT2D eigenvalue weighted by Crippen LogP contribution is -2.13. The van der Waals surface area contributed by atoms with E-state index in [4.69, 9.17) is 0 Å². The van der Waals surface area contributed by atoms with Crippen molar-refractivity contribution in [1.29, 1.82) is 0 Å². The van der Waals surface area contributed by atoms with E-state index in [0.717, 1.165) is 11.3 Å². The Morgan fingerprint density at radius 2 is 2.00 bits per heavy atom. The molecule has 0 saturated heterocycles. The minimum atomic E-state index is -0.0711. The zero-order chi connectivity index (χ0) is 13.7. The Morgan fingerprint density at radius 1 is 1.20 bits per heavy atom. The summed E-state index contributed by atoms with van der Waals surface area (Å²) in [4.78, 5) is 17.8. The Kier molecular flexibility index (Phi) is 2.28. The highest BCUT2D eigenvalue weighted by molar-refractivity contribution is 7.15. The zero-order valence-corrected chi connectivity index (χ0v) is 11.5. The second-order valence-corrected chi connectivity index (χ2v) is 5.40. The molecule has 1 aromatic carbocycles. The van der Waals surface area contributed by atoms with Gasteiger partial charge >= 0.3 is 0 Å². The van der Waals surface area contributed by atoms with Crippen LogP contribution in [0.5, 0.6) is 0 Å². The zero-order valence-electron chi connectivity index (χ0n) is 10.6. The van der Waals surface area contributed by atoms with Gasteiger partial charge in [0.05, 0.1) is 5.69 Å². The molecule has 0 atom stereocenters. The molecule has 4 rings (SSSR count). The molecule has 98 valence electrons. The quantitative estimate of drug-likeness (QED) is 0.538. The highest BCUT2D eigenvalue weighted by Gasteiger charge is 2.14. The van der Waals surface area contributed by atoms with E-state index in [1.54, 1.807) is 22.3 Å². The van der Waals surface area contributed by atoms with E-state index < -0.39 is 0 Å². The van der Waals surface area contributed by atoms with Crippen LogP contribution in [-0.2, 0) is 7.05 Å². The fraction of sp³-hybridized carbons (Fsp3) is 0.0714. The molecule has 0 bridgehead atoms. The van der Waals surface area contributed by atoms with Crippen LogP contribution < -0.4 is 5.56 Å². The first-order valence-corrected chi connectivity index (χ1v) is 7.01. The molecule has 0 fully saturated rings. The lowest BCUT2D eigenvalue weighted by Gasteiger charge is -2.00. The molecule has 0 aliphatic carbocycles. The van der Waals surface area contributed by atoms with Crippen LogP contribution in [0.1, 0.15) is 0 Å². The summed E-state index contributed by atoms with van der Waals surface area (Å²) in [7, 11) is 1.79. The van der Waals surface area contributed by atoms with Crippen molar-refractivity contribution in [3.05, 3.63) is 52.3 Å². The van der Waals surface area contributed by atoms with Crippen LogP contribution in [0.4, 0.5) is 0 Å². The summed E-state index contributed by atoms with van der Waals surface area (Å²) in [5, 5.41) is 6.70. The molecule has 0 aliphatic heterocycles. The summed E-state index contributed by atoms with van der Waals surface area (Å²) in [6.07, 6.45) is 1.71. The molecular weight excluding hydrogens is 272 g/mol. The van der Waals surface area contributed by atoms with E-state index in [1.807, 2.05) is 35.7 Å². The molecule has 0 radical (unpaired) electrons. The monoisotopic (exact) mass is 282 g/mol. The molecule has 3 heterocycles. The fourth-order valence-electron chi connectivity index (χ4n) is 2.32. The summed E-state index contributed by atoms with van der Waals surface area (Å²) in [5.74, 6) is 0. The van der Waals surface area contributed by atoms with Crippen LogP contribution in [-0.4, -0.2) is 19.2 Å². The maximum Gasteiger partial charge on any atom is 0.270 e. The third-order valence-electron chi connectivity index (χ3n) is 3.22. The molecule has 0 amide bonds. The summed E-state index contributed by atoms with van der Waals surface area (Å²) in [6, 6.07) is 9.85. The number of fused-ring (bicyclic) bond motifs is 2. The largest absolute Gasteiger partial charge is 0.273 e. The minimum Gasteiger partial charge on any atom is -0.273 e. The van der Waals surface area contributed by atoms with Crippen molar-refractivity contribution in [1.82, 2.24) is 19.2 Å². The van der Waals surface area contributed by atoms with Gasteiger partial charge in [-0.15, -0.1) is 11.3 Å². The third-order valence-corrected chi connectivity index (χ3v) is 4.05. The summed E-state index contributed by atoms with van der Waals surface area (Å²) in [5.41, 5.74) is 2.30. The number of thiazole rings is 1. The molecular formula is C14H10N4OS. The number of benzene rings is 1. The minimum absolute atomic E-state index is 0.0711. The van der Waals surface area contributed by atoms with Gasteiger partial charge in [0, 0.05) is 18.6 Å². The Labute approximate surface area is 117 Å². The van der Waals surface area contributed by atoms with Crippen molar-refractivity contribution in [3.8, 4) is 11.3 Å². The standard InChI is InChI=1S/C14H10N4OS/c1-17-7-10-12(16-17)15-14-18(13(10)19)11(8-20-14)9-5-3-2-4-6-9/h2-8H,1H3. The Morgan fingerprint density at radius 3 is 2.80 bits per heavy atom. The molecule has 0 saturated carbocycles. The van der Waals surface area contributed by atoms with Crippen molar-refractivity contribution in [2.75, 3.05) is 0 Å². The van der Waals surface area contributed by atoms with Crippen LogP contribution in [0.25, 0.3) is 27.3 Å². The van der Waals surface area contributed by atoms with Crippen molar-refractivity contribution >= 4 is 27.3 Å². The molecule has 6 heteroatoms. The number of hydrogen-bond donors (Lipinski definition) is 0. The highest BCUT2D eigenvalue weighted by Crippen LogP contribution is 2.24. The van der Waals surface area contributed by atoms with E-state index >= 15 is 0 Å². The topological polar surface area (TPSA) is 52.2 Å². The van der Waals surface area contributed by atoms with Crippen LogP contribution >= 0.6 is 11.3 Å². The van der Waals surface area contributed by atoms with Gasteiger partial charge < -0.3 is 0 Å². The number of aromatic nitrogens is 4. The van der Waals surface area contributed by atoms with Gasteiger partial charge in [-0.3, -0.25) is 13.9 Å². The van der Waals surface area contributed by atoms with Crippen LogP contribution in [0.3, 0.4) is 0 Å². The smallest absolute Gasteiger partial charge is 0.270 e. The van der Waals surface area contributed by atoms with Crippen molar-refractivity contribution in [3.63, 3.8) is 0 Å². The van der Waals surface area contributed by atoms with Gasteiger partial charge in [-0.2, -0.15) is 10.1 Å². The Bertz CT molecular complexity index is 981. The van der Waals surface area contributed by atoms with Gasteiger partial charge in [0.15, 0.2) is 10.6 Å². The van der Waals surface area contributed by atoms with E-state index in [9.17, 15) is 4.79 Å². The molecule has 0 aliphatic rings. The average Bonchev–Trinajstić information content (AvgIpc) is 3.03. The van der Waals surface area contributed by atoms with Crippen molar-refractivity contribution in [2.24, 2.45) is 7.05 Å². The normalized spacial score (nSPS) is 11.4. The predicted molar refractivity (Wildman–Crippen MR) is 79.0 cm³/mol. The van der Waals surface area contributed by atoms with Crippen molar-refractivity contribution in [2.45, 2.75) is 0 Å². The molecule has 3 aromatic heterocycles. The van der Waals surface area contributed by atoms with Crippen LogP contribution in [0, 0.1) is 0 Å². The number of rotatable bonds is 1. The summed E-state index contributed by atoms with van der Waals surface area (Å²) >= 11 is 1.45. The van der Waals surface area contributed by atoms with Crippen LogP contribution in [0.2, 0.25) is 0 Å². The van der Waals surface area contributed by atoms with Gasteiger partial charge in [0.1, 0.15) is 5.39 Å². The fourth-order valence-corrected chi connectivity index (χ4v) is 3.20. The lowest BCUT2D eigenvalue weighted by atomic mass is 10.2. The third kappa shape index (κ3) is 1.51. The predicted octanol–water partition coefficient (Wildman–Crippen LogP) is 2.31. The maximum absolute atomic E-state index is 12.6. The van der Waals surface area contributed by atoms with Gasteiger partial charge in [-0.05, 0) is 5.56 Å². The molecule has 0 N–H and O–H groups in total. The number of hydrogen-bond acceptors (Lipinski definition) is 4. The van der Waals surface area contributed by atoms with Crippen molar-refractivity contribution < 1.29 is 0 Å². The average molecular weight is 282 g/mol. The first kappa shape index (κ1) is 11.4. The van der Waals surface area contributed by atoms with E-state index in [1.165, 1.54) is 11.3 Å². The highest BCUT2D eigenvalue weighted by atomic mass is 32.1. The SMILES string of the molecule is Cn1cc2c(=O)n3c(-c4ccccc4)csc3nc2n1. The Balaban J connectivity index is 2.14. The first-order chi connectivity index (χ1) is 9.74. The second-order valence-electron chi connectivity index (χ2n) is 4.56. The van der Waals surface area contributed by atoms with Gasteiger partial charge in [0.2, 0.25) is 0 Å². The van der Waals surface area contributed by atoms with E-state index in [2.05, 4.69) is 10.1 Å². The van der Waals surface area contributed by atoms with Gasteiger partial charge in [-0.25, -0.2) is 0 Å². The van der Waals surface area contributed by atoms with E-state index in [-0.39, 0.29) is 5.56 Å².